The Hall–Kier alpha value is -3.20. The Morgan fingerprint density at radius 1 is 0.962 bits per heavy atom. The number of nitrogens with zero attached hydrogens (tertiary/aromatic N) is 3. The first kappa shape index (κ1) is 17.6. The largest absolute Gasteiger partial charge is 0.395 e. The van der Waals surface area contributed by atoms with Crippen LogP contribution >= 0.6 is 0 Å². The van der Waals surface area contributed by atoms with Gasteiger partial charge in [0.25, 0.3) is 0 Å². The molecule has 3 aromatic rings. The fraction of sp³-hybridized carbons (Fsp3) is 0.118. The van der Waals surface area contributed by atoms with E-state index in [1.807, 2.05) is 0 Å². The number of pyridine rings is 1. The number of anilines is 3. The third kappa shape index (κ3) is 3.89. The molecule has 0 atom stereocenters. The van der Waals surface area contributed by atoms with Crippen LogP contribution in [-0.4, -0.2) is 33.2 Å². The third-order valence-corrected chi connectivity index (χ3v) is 3.40. The lowest BCUT2D eigenvalue weighted by atomic mass is 10.2. The van der Waals surface area contributed by atoms with Gasteiger partial charge < -0.3 is 15.7 Å². The smallest absolute Gasteiger partial charge is 0.225 e. The molecule has 0 saturated carbocycles. The van der Waals surface area contributed by atoms with Gasteiger partial charge in [-0.05, 0) is 24.3 Å². The zero-order valence-electron chi connectivity index (χ0n) is 13.4. The third-order valence-electron chi connectivity index (χ3n) is 3.40. The lowest BCUT2D eigenvalue weighted by Crippen LogP contribution is -2.10. The summed E-state index contributed by atoms with van der Waals surface area (Å²) in [6.45, 7) is 0.0716. The first-order valence-corrected chi connectivity index (χ1v) is 7.63. The maximum absolute atomic E-state index is 13.9. The minimum absolute atomic E-state index is 0.136. The maximum atomic E-state index is 13.9. The summed E-state index contributed by atoms with van der Waals surface area (Å²) in [5, 5.41) is 14.4. The summed E-state index contributed by atoms with van der Waals surface area (Å²) in [7, 11) is 0. The molecule has 9 heteroatoms. The Balaban J connectivity index is 1.99. The Bertz CT molecular complexity index is 908. The van der Waals surface area contributed by atoms with Gasteiger partial charge >= 0.3 is 0 Å². The zero-order valence-corrected chi connectivity index (χ0v) is 13.4. The Kier molecular flexibility index (Phi) is 5.28. The molecule has 3 rings (SSSR count). The van der Waals surface area contributed by atoms with E-state index < -0.39 is 17.5 Å². The standard InChI is InChI=1S/C17H14F3N5O/c18-11-1-2-12(16(20)15(11)19)23-14-9-13(10-3-5-21-6-4-10)24-17(25-14)22-7-8-26/h1-6,9,26H,7-8H2,(H2,22,23,24,25). The molecule has 0 fully saturated rings. The molecule has 0 amide bonds. The van der Waals surface area contributed by atoms with Gasteiger partial charge in [0.1, 0.15) is 5.82 Å². The predicted octanol–water partition coefficient (Wildman–Crippen LogP) is 3.10. The van der Waals surface area contributed by atoms with Crippen molar-refractivity contribution in [2.75, 3.05) is 23.8 Å². The number of hydrogen-bond acceptors (Lipinski definition) is 6. The van der Waals surface area contributed by atoms with Crippen molar-refractivity contribution >= 4 is 17.5 Å². The SMILES string of the molecule is OCCNc1nc(Nc2ccc(F)c(F)c2F)cc(-c2ccncc2)n1. The van der Waals surface area contributed by atoms with Gasteiger partial charge in [-0.15, -0.1) is 0 Å². The van der Waals surface area contributed by atoms with E-state index in [-0.39, 0.29) is 30.6 Å². The molecule has 26 heavy (non-hydrogen) atoms. The van der Waals surface area contributed by atoms with Crippen LogP contribution in [0, 0.1) is 17.5 Å². The van der Waals surface area contributed by atoms with Gasteiger partial charge in [0, 0.05) is 30.6 Å². The van der Waals surface area contributed by atoms with Gasteiger partial charge in [-0.25, -0.2) is 18.2 Å². The number of hydrogen-bond donors (Lipinski definition) is 3. The molecule has 0 bridgehead atoms. The van der Waals surface area contributed by atoms with Crippen LogP contribution in [0.4, 0.5) is 30.6 Å². The molecule has 0 saturated heterocycles. The second-order valence-electron chi connectivity index (χ2n) is 5.20. The minimum atomic E-state index is -1.57. The molecule has 0 unspecified atom stereocenters. The van der Waals surface area contributed by atoms with E-state index in [1.54, 1.807) is 24.5 Å². The van der Waals surface area contributed by atoms with Crippen LogP contribution in [0.2, 0.25) is 0 Å². The van der Waals surface area contributed by atoms with Gasteiger partial charge in [0.05, 0.1) is 18.0 Å². The van der Waals surface area contributed by atoms with E-state index in [0.717, 1.165) is 17.7 Å². The van der Waals surface area contributed by atoms with Gasteiger partial charge in [-0.3, -0.25) is 4.98 Å². The second-order valence-corrected chi connectivity index (χ2v) is 5.20. The lowest BCUT2D eigenvalue weighted by Gasteiger charge is -2.12. The van der Waals surface area contributed by atoms with E-state index >= 15 is 0 Å². The number of aliphatic hydroxyl groups is 1. The number of aromatic nitrogens is 3. The van der Waals surface area contributed by atoms with Crippen molar-refractivity contribution in [2.45, 2.75) is 0 Å². The first-order chi connectivity index (χ1) is 12.6. The van der Waals surface area contributed by atoms with Crippen LogP contribution in [0.5, 0.6) is 0 Å². The van der Waals surface area contributed by atoms with Crippen LogP contribution in [-0.2, 0) is 0 Å². The summed E-state index contributed by atoms with van der Waals surface area (Å²) >= 11 is 0. The molecule has 3 N–H and O–H groups in total. The average molecular weight is 361 g/mol. The molecule has 134 valence electrons. The molecule has 0 aliphatic heterocycles. The molecule has 0 aliphatic rings. The Morgan fingerprint density at radius 2 is 1.73 bits per heavy atom. The number of aliphatic hydroxyl groups excluding tert-OH is 1. The molecule has 0 spiro atoms. The molecular formula is C17H14F3N5O. The normalized spacial score (nSPS) is 10.6. The van der Waals surface area contributed by atoms with Crippen molar-refractivity contribution in [1.82, 2.24) is 15.0 Å². The Morgan fingerprint density at radius 3 is 2.46 bits per heavy atom. The van der Waals surface area contributed by atoms with Crippen molar-refractivity contribution < 1.29 is 18.3 Å². The second kappa shape index (κ2) is 7.79. The molecule has 1 aromatic carbocycles. The van der Waals surface area contributed by atoms with Crippen LogP contribution in [0.3, 0.4) is 0 Å². The van der Waals surface area contributed by atoms with Gasteiger partial charge in [0.15, 0.2) is 17.5 Å². The Labute approximate surface area is 146 Å². The van der Waals surface area contributed by atoms with Crippen molar-refractivity contribution in [3.63, 3.8) is 0 Å². The first-order valence-electron chi connectivity index (χ1n) is 7.63. The average Bonchev–Trinajstić information content (AvgIpc) is 2.67. The van der Waals surface area contributed by atoms with E-state index in [4.69, 9.17) is 5.11 Å². The fourth-order valence-electron chi connectivity index (χ4n) is 2.19. The van der Waals surface area contributed by atoms with Gasteiger partial charge in [0.2, 0.25) is 5.95 Å². The summed E-state index contributed by atoms with van der Waals surface area (Å²) in [6, 6.07) is 6.86. The highest BCUT2D eigenvalue weighted by Crippen LogP contribution is 2.26. The quantitative estimate of drug-likeness (QED) is 0.585. The number of halogens is 3. The van der Waals surface area contributed by atoms with E-state index in [1.165, 1.54) is 6.07 Å². The molecular weight excluding hydrogens is 347 g/mol. The summed E-state index contributed by atoms with van der Waals surface area (Å²) in [6.07, 6.45) is 3.17. The van der Waals surface area contributed by atoms with E-state index in [2.05, 4.69) is 25.6 Å². The monoisotopic (exact) mass is 361 g/mol. The summed E-state index contributed by atoms with van der Waals surface area (Å²) in [4.78, 5) is 12.4. The topological polar surface area (TPSA) is 83.0 Å². The molecule has 0 aliphatic carbocycles. The maximum Gasteiger partial charge on any atom is 0.225 e. The number of benzene rings is 1. The highest BCUT2D eigenvalue weighted by molar-refractivity contribution is 5.67. The summed E-state index contributed by atoms with van der Waals surface area (Å²) in [5.74, 6) is -3.86. The molecule has 2 heterocycles. The van der Waals surface area contributed by atoms with E-state index in [9.17, 15) is 13.2 Å². The van der Waals surface area contributed by atoms with Crippen LogP contribution < -0.4 is 10.6 Å². The van der Waals surface area contributed by atoms with Crippen molar-refractivity contribution in [3.8, 4) is 11.3 Å². The molecule has 6 nitrogen and oxygen atoms in total. The van der Waals surface area contributed by atoms with Gasteiger partial charge in [-0.1, -0.05) is 0 Å². The lowest BCUT2D eigenvalue weighted by molar-refractivity contribution is 0.311. The van der Waals surface area contributed by atoms with Crippen molar-refractivity contribution in [1.29, 1.82) is 0 Å². The molecule has 0 radical (unpaired) electrons. The molecule has 2 aromatic heterocycles. The zero-order chi connectivity index (χ0) is 18.5. The highest BCUT2D eigenvalue weighted by atomic mass is 19.2. The summed E-state index contributed by atoms with van der Waals surface area (Å²) in [5.41, 5.74) is 0.952. The highest BCUT2D eigenvalue weighted by Gasteiger charge is 2.15. The number of rotatable bonds is 6. The van der Waals surface area contributed by atoms with Crippen molar-refractivity contribution in [2.24, 2.45) is 0 Å². The van der Waals surface area contributed by atoms with Crippen LogP contribution in [0.25, 0.3) is 11.3 Å². The van der Waals surface area contributed by atoms with Crippen LogP contribution in [0.15, 0.2) is 42.7 Å². The summed E-state index contributed by atoms with van der Waals surface area (Å²) < 4.78 is 40.4. The number of nitrogens with one attached hydrogen (secondary N) is 2. The fourth-order valence-corrected chi connectivity index (χ4v) is 2.19. The predicted molar refractivity (Wildman–Crippen MR) is 90.4 cm³/mol. The van der Waals surface area contributed by atoms with Crippen LogP contribution in [0.1, 0.15) is 0 Å². The minimum Gasteiger partial charge on any atom is -0.395 e. The van der Waals surface area contributed by atoms with Crippen molar-refractivity contribution in [3.05, 3.63) is 60.2 Å². The van der Waals surface area contributed by atoms with Gasteiger partial charge in [-0.2, -0.15) is 4.98 Å². The van der Waals surface area contributed by atoms with E-state index in [0.29, 0.717) is 5.69 Å².